The van der Waals surface area contributed by atoms with Crippen LogP contribution in [0.15, 0.2) is 4.79 Å². The van der Waals surface area contributed by atoms with E-state index in [1.807, 2.05) is 0 Å². The standard InChI is InChI=1S/C6H10N4O.CH4O3S/c7-4-5(8)9-2-1-3-10(9)6(4)11;1-5(2,3)4/h1-3,7-8H2;1H3,(H,2,3,4). The Balaban J connectivity index is 0.000000221. The first-order chi connectivity index (χ1) is 7.22. The number of fused-ring (bicyclic) bond motifs is 1. The van der Waals surface area contributed by atoms with Crippen molar-refractivity contribution in [1.29, 1.82) is 0 Å². The number of nitrogen functional groups attached to an aromatic ring is 2. The number of hydrogen-bond acceptors (Lipinski definition) is 5. The van der Waals surface area contributed by atoms with Crippen molar-refractivity contribution in [1.82, 2.24) is 9.36 Å². The summed E-state index contributed by atoms with van der Waals surface area (Å²) in [6, 6.07) is 0. The third-order valence-corrected chi connectivity index (χ3v) is 2.05. The monoisotopic (exact) mass is 250 g/mol. The van der Waals surface area contributed by atoms with Gasteiger partial charge >= 0.3 is 0 Å². The summed E-state index contributed by atoms with van der Waals surface area (Å²) in [5.74, 6) is 0.410. The van der Waals surface area contributed by atoms with Crippen LogP contribution in [0.1, 0.15) is 6.42 Å². The van der Waals surface area contributed by atoms with Gasteiger partial charge in [-0.2, -0.15) is 8.42 Å². The van der Waals surface area contributed by atoms with Crippen molar-refractivity contribution in [2.24, 2.45) is 0 Å². The molecule has 0 saturated carbocycles. The molecule has 0 radical (unpaired) electrons. The van der Waals surface area contributed by atoms with E-state index in [9.17, 15) is 13.2 Å². The fourth-order valence-corrected chi connectivity index (χ4v) is 1.46. The lowest BCUT2D eigenvalue weighted by Gasteiger charge is -1.98. The van der Waals surface area contributed by atoms with Crippen molar-refractivity contribution in [3.8, 4) is 0 Å². The molecule has 92 valence electrons. The minimum Gasteiger partial charge on any atom is -0.391 e. The van der Waals surface area contributed by atoms with Crippen LogP contribution in [0.3, 0.4) is 0 Å². The minimum absolute atomic E-state index is 0.153. The van der Waals surface area contributed by atoms with Crippen LogP contribution in [0, 0.1) is 0 Å². The molecule has 0 fully saturated rings. The maximum atomic E-state index is 11.2. The largest absolute Gasteiger partial charge is 0.391 e. The molecule has 8 nitrogen and oxygen atoms in total. The van der Waals surface area contributed by atoms with E-state index in [0.29, 0.717) is 12.1 Å². The maximum absolute atomic E-state index is 11.2. The average molecular weight is 250 g/mol. The molecule has 1 aromatic heterocycles. The number of rotatable bonds is 0. The molecule has 0 aromatic carbocycles. The number of hydrogen-bond donors (Lipinski definition) is 3. The van der Waals surface area contributed by atoms with Crippen molar-refractivity contribution in [3.63, 3.8) is 0 Å². The van der Waals surface area contributed by atoms with Gasteiger partial charge in [0.1, 0.15) is 11.5 Å². The summed E-state index contributed by atoms with van der Waals surface area (Å²) in [7, 11) is -3.67. The zero-order chi connectivity index (χ0) is 12.5. The second-order valence-corrected chi connectivity index (χ2v) is 4.90. The summed E-state index contributed by atoms with van der Waals surface area (Å²) in [5.41, 5.74) is 11.0. The highest BCUT2D eigenvalue weighted by Crippen LogP contribution is 2.15. The predicted octanol–water partition coefficient (Wildman–Crippen LogP) is -1.28. The summed E-state index contributed by atoms with van der Waals surface area (Å²) < 4.78 is 29.2. The molecule has 16 heavy (non-hydrogen) atoms. The third-order valence-electron chi connectivity index (χ3n) is 2.05. The number of nitrogens with zero attached hydrogens (tertiary/aromatic N) is 2. The molecule has 1 aliphatic heterocycles. The van der Waals surface area contributed by atoms with Gasteiger partial charge in [0.15, 0.2) is 0 Å². The number of anilines is 2. The van der Waals surface area contributed by atoms with Gasteiger partial charge in [-0.1, -0.05) is 0 Å². The number of aromatic nitrogens is 2. The van der Waals surface area contributed by atoms with Crippen molar-refractivity contribution >= 4 is 21.6 Å². The first-order valence-electron chi connectivity index (χ1n) is 4.49. The molecule has 0 bridgehead atoms. The van der Waals surface area contributed by atoms with Gasteiger partial charge in [0.25, 0.3) is 15.7 Å². The topological polar surface area (TPSA) is 133 Å². The number of nitrogens with two attached hydrogens (primary N) is 2. The normalized spacial score (nSPS) is 14.1. The second-order valence-electron chi connectivity index (χ2n) is 3.44. The highest BCUT2D eigenvalue weighted by atomic mass is 32.2. The Kier molecular flexibility index (Phi) is 3.29. The summed E-state index contributed by atoms with van der Waals surface area (Å²) in [6.07, 6.45) is 1.69. The lowest BCUT2D eigenvalue weighted by Crippen LogP contribution is -2.18. The lowest BCUT2D eigenvalue weighted by molar-refractivity contribution is 0.490. The van der Waals surface area contributed by atoms with Crippen LogP contribution < -0.4 is 17.0 Å². The molecule has 0 amide bonds. The fraction of sp³-hybridized carbons (Fsp3) is 0.571. The Morgan fingerprint density at radius 2 is 1.69 bits per heavy atom. The van der Waals surface area contributed by atoms with Gasteiger partial charge in [0.05, 0.1) is 6.26 Å². The molecule has 0 spiro atoms. The predicted molar refractivity (Wildman–Crippen MR) is 59.6 cm³/mol. The average Bonchev–Trinajstić information content (AvgIpc) is 2.65. The molecule has 0 atom stereocenters. The zero-order valence-corrected chi connectivity index (χ0v) is 9.57. The van der Waals surface area contributed by atoms with E-state index in [-0.39, 0.29) is 11.2 Å². The summed E-state index contributed by atoms with van der Waals surface area (Å²) in [5, 5.41) is 0. The van der Waals surface area contributed by atoms with Gasteiger partial charge in [-0.15, -0.1) is 0 Å². The van der Waals surface area contributed by atoms with E-state index in [2.05, 4.69) is 0 Å². The molecular weight excluding hydrogens is 236 g/mol. The Hall–Kier alpha value is -1.48. The summed E-state index contributed by atoms with van der Waals surface area (Å²) in [6.45, 7) is 1.54. The summed E-state index contributed by atoms with van der Waals surface area (Å²) in [4.78, 5) is 11.2. The Bertz CT molecular complexity index is 533. The highest BCUT2D eigenvalue weighted by molar-refractivity contribution is 7.85. The van der Waals surface area contributed by atoms with E-state index in [1.165, 1.54) is 0 Å². The molecule has 2 heterocycles. The van der Waals surface area contributed by atoms with Crippen molar-refractivity contribution in [3.05, 3.63) is 10.4 Å². The van der Waals surface area contributed by atoms with Crippen LogP contribution in [0.5, 0.6) is 0 Å². The van der Waals surface area contributed by atoms with Gasteiger partial charge in [-0.05, 0) is 6.42 Å². The van der Waals surface area contributed by atoms with Crippen LogP contribution in [-0.4, -0.2) is 28.6 Å². The van der Waals surface area contributed by atoms with E-state index in [0.717, 1.165) is 19.5 Å². The van der Waals surface area contributed by atoms with E-state index < -0.39 is 10.1 Å². The van der Waals surface area contributed by atoms with Crippen LogP contribution >= 0.6 is 0 Å². The van der Waals surface area contributed by atoms with Crippen molar-refractivity contribution in [2.45, 2.75) is 19.5 Å². The molecule has 5 N–H and O–H groups in total. The quantitative estimate of drug-likeness (QED) is 0.491. The third kappa shape index (κ3) is 2.76. The lowest BCUT2D eigenvalue weighted by atomic mass is 10.4. The molecule has 0 aliphatic carbocycles. The Labute approximate surface area is 92.2 Å². The first-order valence-corrected chi connectivity index (χ1v) is 6.33. The van der Waals surface area contributed by atoms with Crippen molar-refractivity contribution in [2.75, 3.05) is 17.7 Å². The molecule has 0 saturated heterocycles. The van der Waals surface area contributed by atoms with E-state index in [1.54, 1.807) is 9.36 Å². The van der Waals surface area contributed by atoms with Crippen molar-refractivity contribution < 1.29 is 13.0 Å². The van der Waals surface area contributed by atoms with Crippen LogP contribution in [-0.2, 0) is 23.2 Å². The van der Waals surface area contributed by atoms with Gasteiger partial charge < -0.3 is 11.5 Å². The fourth-order valence-electron chi connectivity index (χ4n) is 1.46. The van der Waals surface area contributed by atoms with Gasteiger partial charge in [0.2, 0.25) is 0 Å². The molecule has 1 aliphatic rings. The Morgan fingerprint density at radius 3 is 2.12 bits per heavy atom. The molecular formula is C7H14N4O4S. The van der Waals surface area contributed by atoms with Gasteiger partial charge in [-0.25, -0.2) is 4.68 Å². The molecule has 9 heteroatoms. The molecule has 0 unspecified atom stereocenters. The second kappa shape index (κ2) is 4.18. The zero-order valence-electron chi connectivity index (χ0n) is 8.75. The highest BCUT2D eigenvalue weighted by Gasteiger charge is 2.18. The van der Waals surface area contributed by atoms with Gasteiger partial charge in [-0.3, -0.25) is 14.0 Å². The minimum atomic E-state index is -3.67. The maximum Gasteiger partial charge on any atom is 0.292 e. The molecule has 2 rings (SSSR count). The summed E-state index contributed by atoms with van der Waals surface area (Å²) >= 11 is 0. The first kappa shape index (κ1) is 12.6. The smallest absolute Gasteiger partial charge is 0.292 e. The van der Waals surface area contributed by atoms with Crippen LogP contribution in [0.25, 0.3) is 0 Å². The Morgan fingerprint density at radius 1 is 1.25 bits per heavy atom. The van der Waals surface area contributed by atoms with Crippen LogP contribution in [0.4, 0.5) is 11.5 Å². The van der Waals surface area contributed by atoms with E-state index in [4.69, 9.17) is 16.0 Å². The van der Waals surface area contributed by atoms with E-state index >= 15 is 0 Å². The van der Waals surface area contributed by atoms with Gasteiger partial charge in [0, 0.05) is 13.1 Å². The van der Waals surface area contributed by atoms with Crippen LogP contribution in [0.2, 0.25) is 0 Å². The SMILES string of the molecule is CS(=O)(=O)O.Nc1c(N)n2n(c1=O)CCC2. The molecule has 1 aromatic rings.